The fraction of sp³-hybridized carbons (Fsp3) is 0.846. The van der Waals surface area contributed by atoms with Crippen molar-refractivity contribution in [3.8, 4) is 0 Å². The van der Waals surface area contributed by atoms with Crippen molar-refractivity contribution < 1.29 is 19.4 Å². The van der Waals surface area contributed by atoms with Gasteiger partial charge in [-0.3, -0.25) is 9.69 Å². The van der Waals surface area contributed by atoms with Crippen LogP contribution in [0.2, 0.25) is 0 Å². The number of carboxylic acids is 1. The Labute approximate surface area is 118 Å². The van der Waals surface area contributed by atoms with Crippen molar-refractivity contribution in [3.05, 3.63) is 0 Å². The largest absolute Gasteiger partial charge is 0.481 e. The molecule has 0 aromatic heterocycles. The van der Waals surface area contributed by atoms with E-state index in [2.05, 4.69) is 10.2 Å². The van der Waals surface area contributed by atoms with Crippen LogP contribution in [0.4, 0.5) is 4.79 Å². The van der Waals surface area contributed by atoms with E-state index in [1.807, 2.05) is 0 Å². The van der Waals surface area contributed by atoms with Crippen LogP contribution in [-0.4, -0.2) is 78.9 Å². The highest BCUT2D eigenvalue weighted by molar-refractivity contribution is 5.74. The molecule has 0 bridgehead atoms. The van der Waals surface area contributed by atoms with Crippen molar-refractivity contribution in [3.63, 3.8) is 0 Å². The first kappa shape index (κ1) is 15.1. The van der Waals surface area contributed by atoms with Crippen LogP contribution in [0.15, 0.2) is 0 Å². The van der Waals surface area contributed by atoms with E-state index in [1.165, 1.54) is 0 Å². The Bertz CT molecular complexity index is 337. The van der Waals surface area contributed by atoms with Crippen LogP contribution in [-0.2, 0) is 9.53 Å². The molecular formula is C13H23N3O4. The second-order valence-corrected chi connectivity index (χ2v) is 5.29. The second-order valence-electron chi connectivity index (χ2n) is 5.29. The summed E-state index contributed by atoms with van der Waals surface area (Å²) in [6.45, 7) is 4.71. The monoisotopic (exact) mass is 285 g/mol. The van der Waals surface area contributed by atoms with E-state index in [4.69, 9.17) is 9.84 Å². The van der Waals surface area contributed by atoms with Gasteiger partial charge in [0.25, 0.3) is 0 Å². The van der Waals surface area contributed by atoms with E-state index >= 15 is 0 Å². The summed E-state index contributed by atoms with van der Waals surface area (Å²) < 4.78 is 5.47. The number of hydrogen-bond donors (Lipinski definition) is 2. The molecule has 2 aliphatic heterocycles. The molecule has 1 unspecified atom stereocenters. The highest BCUT2D eigenvalue weighted by Crippen LogP contribution is 2.11. The molecule has 0 saturated carbocycles. The van der Waals surface area contributed by atoms with Crippen LogP contribution in [0.3, 0.4) is 0 Å². The number of aliphatic carboxylic acids is 1. The predicted octanol–water partition coefficient (Wildman–Crippen LogP) is -0.0327. The van der Waals surface area contributed by atoms with Crippen LogP contribution in [0.5, 0.6) is 0 Å². The lowest BCUT2D eigenvalue weighted by Crippen LogP contribution is -2.52. The van der Waals surface area contributed by atoms with Gasteiger partial charge in [-0.15, -0.1) is 0 Å². The van der Waals surface area contributed by atoms with Gasteiger partial charge in [0.2, 0.25) is 0 Å². The molecule has 7 heteroatoms. The third-order valence-electron chi connectivity index (χ3n) is 3.81. The first-order valence-electron chi connectivity index (χ1n) is 7.23. The topological polar surface area (TPSA) is 82.1 Å². The minimum absolute atomic E-state index is 0.0432. The Kier molecular flexibility index (Phi) is 5.60. The molecule has 0 aromatic rings. The zero-order valence-electron chi connectivity index (χ0n) is 11.7. The van der Waals surface area contributed by atoms with Crippen LogP contribution in [0, 0.1) is 0 Å². The lowest BCUT2D eigenvalue weighted by atomic mass is 10.2. The number of nitrogens with zero attached hydrogens (tertiary/aromatic N) is 2. The van der Waals surface area contributed by atoms with E-state index in [1.54, 1.807) is 4.90 Å². The number of urea groups is 1. The fourth-order valence-corrected chi connectivity index (χ4v) is 2.55. The van der Waals surface area contributed by atoms with Gasteiger partial charge < -0.3 is 20.1 Å². The lowest BCUT2D eigenvalue weighted by Gasteiger charge is -2.34. The predicted molar refractivity (Wildman–Crippen MR) is 72.6 cm³/mol. The average molecular weight is 285 g/mol. The molecular weight excluding hydrogens is 262 g/mol. The summed E-state index contributed by atoms with van der Waals surface area (Å²) in [7, 11) is 0. The minimum atomic E-state index is -0.776. The standard InChI is InChI=1S/C13H23N3O4/c17-12(18)3-4-15-5-7-16(8-6-15)13(19)14-10-11-2-1-9-20-11/h11H,1-10H2,(H,14,19)(H,17,18). The van der Waals surface area contributed by atoms with Gasteiger partial charge in [-0.2, -0.15) is 0 Å². The number of carbonyl (C=O) groups excluding carboxylic acids is 1. The van der Waals surface area contributed by atoms with Crippen molar-refractivity contribution in [2.45, 2.75) is 25.4 Å². The van der Waals surface area contributed by atoms with E-state index in [0.717, 1.165) is 32.5 Å². The van der Waals surface area contributed by atoms with Crippen molar-refractivity contribution in [2.75, 3.05) is 45.9 Å². The summed E-state index contributed by atoms with van der Waals surface area (Å²) in [5.74, 6) is -0.776. The Morgan fingerprint density at radius 2 is 2.00 bits per heavy atom. The number of hydrogen-bond acceptors (Lipinski definition) is 4. The molecule has 20 heavy (non-hydrogen) atoms. The van der Waals surface area contributed by atoms with Crippen LogP contribution in [0.1, 0.15) is 19.3 Å². The molecule has 2 heterocycles. The maximum absolute atomic E-state index is 12.0. The Morgan fingerprint density at radius 3 is 2.60 bits per heavy atom. The first-order chi connectivity index (χ1) is 9.65. The molecule has 7 nitrogen and oxygen atoms in total. The van der Waals surface area contributed by atoms with Gasteiger partial charge in [-0.05, 0) is 12.8 Å². The molecule has 2 N–H and O–H groups in total. The molecule has 0 aromatic carbocycles. The summed E-state index contributed by atoms with van der Waals surface area (Å²) in [4.78, 5) is 26.4. The van der Waals surface area contributed by atoms with Gasteiger partial charge in [0.1, 0.15) is 0 Å². The number of carboxylic acid groups (broad SMARTS) is 1. The molecule has 2 rings (SSSR count). The van der Waals surface area contributed by atoms with Crippen molar-refractivity contribution >= 4 is 12.0 Å². The maximum Gasteiger partial charge on any atom is 0.317 e. The Morgan fingerprint density at radius 1 is 1.25 bits per heavy atom. The molecule has 0 aliphatic carbocycles. The molecule has 0 spiro atoms. The first-order valence-corrected chi connectivity index (χ1v) is 7.23. The highest BCUT2D eigenvalue weighted by atomic mass is 16.5. The van der Waals surface area contributed by atoms with Gasteiger partial charge in [-0.25, -0.2) is 4.79 Å². The van der Waals surface area contributed by atoms with Gasteiger partial charge in [0.15, 0.2) is 0 Å². The van der Waals surface area contributed by atoms with Gasteiger partial charge in [0.05, 0.1) is 12.5 Å². The summed E-state index contributed by atoms with van der Waals surface area (Å²) in [5.41, 5.74) is 0. The fourth-order valence-electron chi connectivity index (χ4n) is 2.55. The van der Waals surface area contributed by atoms with Crippen LogP contribution >= 0.6 is 0 Å². The van der Waals surface area contributed by atoms with Gasteiger partial charge >= 0.3 is 12.0 Å². The molecule has 0 radical (unpaired) electrons. The summed E-state index contributed by atoms with van der Waals surface area (Å²) in [6.07, 6.45) is 2.41. The number of ether oxygens (including phenoxy) is 1. The third-order valence-corrected chi connectivity index (χ3v) is 3.81. The molecule has 2 saturated heterocycles. The number of nitrogens with one attached hydrogen (secondary N) is 1. The highest BCUT2D eigenvalue weighted by Gasteiger charge is 2.22. The zero-order valence-corrected chi connectivity index (χ0v) is 11.7. The van der Waals surface area contributed by atoms with E-state index < -0.39 is 5.97 Å². The van der Waals surface area contributed by atoms with Crippen molar-refractivity contribution in [2.24, 2.45) is 0 Å². The van der Waals surface area contributed by atoms with Crippen LogP contribution < -0.4 is 5.32 Å². The quantitative estimate of drug-likeness (QED) is 0.741. The normalized spacial score (nSPS) is 23.8. The van der Waals surface area contributed by atoms with E-state index in [-0.39, 0.29) is 18.6 Å². The van der Waals surface area contributed by atoms with Crippen molar-refractivity contribution in [1.82, 2.24) is 15.1 Å². The number of amides is 2. The molecule has 2 aliphatic rings. The SMILES string of the molecule is O=C(O)CCN1CCN(C(=O)NCC2CCCO2)CC1. The zero-order chi connectivity index (χ0) is 14.4. The summed E-state index contributed by atoms with van der Waals surface area (Å²) >= 11 is 0. The molecule has 2 amide bonds. The average Bonchev–Trinajstić information content (AvgIpc) is 2.96. The number of carbonyl (C=O) groups is 2. The summed E-state index contributed by atoms with van der Waals surface area (Å²) in [6, 6.07) is -0.0432. The Balaban J connectivity index is 1.62. The molecule has 2 fully saturated rings. The maximum atomic E-state index is 12.0. The van der Waals surface area contributed by atoms with Crippen molar-refractivity contribution in [1.29, 1.82) is 0 Å². The van der Waals surface area contributed by atoms with Gasteiger partial charge in [-0.1, -0.05) is 0 Å². The number of piperazine rings is 1. The second kappa shape index (κ2) is 7.44. The Hall–Kier alpha value is -1.34. The lowest BCUT2D eigenvalue weighted by molar-refractivity contribution is -0.137. The summed E-state index contributed by atoms with van der Waals surface area (Å²) in [5, 5.41) is 11.6. The number of rotatable bonds is 5. The van der Waals surface area contributed by atoms with E-state index in [9.17, 15) is 9.59 Å². The van der Waals surface area contributed by atoms with E-state index in [0.29, 0.717) is 26.2 Å². The molecule has 1 atom stereocenters. The van der Waals surface area contributed by atoms with Gasteiger partial charge in [0, 0.05) is 45.9 Å². The minimum Gasteiger partial charge on any atom is -0.481 e. The van der Waals surface area contributed by atoms with Crippen LogP contribution in [0.25, 0.3) is 0 Å². The smallest absolute Gasteiger partial charge is 0.317 e. The molecule has 114 valence electrons. The third kappa shape index (κ3) is 4.64.